The number of esters is 2. The molecule has 1 saturated carbocycles. The van der Waals surface area contributed by atoms with Crippen molar-refractivity contribution in [1.29, 1.82) is 0 Å². The zero-order valence-electron chi connectivity index (χ0n) is 20.8. The summed E-state index contributed by atoms with van der Waals surface area (Å²) in [6, 6.07) is 0. The van der Waals surface area contributed by atoms with Crippen LogP contribution in [0.1, 0.15) is 100 Å². The van der Waals surface area contributed by atoms with Crippen molar-refractivity contribution in [3.8, 4) is 0 Å². The monoisotopic (exact) mass is 466 g/mol. The molecule has 0 amide bonds. The second kappa shape index (κ2) is 9.90. The Bertz CT molecular complexity index is 658. The molecule has 3 atom stereocenters. The van der Waals surface area contributed by atoms with E-state index < -0.39 is 46.2 Å². The number of carbonyl (C=O) groups excluding carboxylic acids is 2. The average molecular weight is 467 g/mol. The lowest BCUT2D eigenvalue weighted by atomic mass is 9.70. The number of alkyl halides is 3. The molecule has 5 nitrogen and oxygen atoms in total. The number of hydrogen-bond donors (Lipinski definition) is 1. The van der Waals surface area contributed by atoms with Gasteiger partial charge in [0, 0.05) is 0 Å². The zero-order chi connectivity index (χ0) is 25.2. The minimum Gasteiger partial charge on any atom is -0.460 e. The molecule has 3 unspecified atom stereocenters. The number of aliphatic hydroxyl groups is 1. The van der Waals surface area contributed by atoms with Crippen LogP contribution >= 0.6 is 0 Å². The highest BCUT2D eigenvalue weighted by Crippen LogP contribution is 2.47. The highest BCUT2D eigenvalue weighted by atomic mass is 19.4. The van der Waals surface area contributed by atoms with E-state index in [0.29, 0.717) is 12.8 Å². The molecule has 32 heavy (non-hydrogen) atoms. The molecule has 1 aliphatic carbocycles. The Labute approximate surface area is 190 Å². The summed E-state index contributed by atoms with van der Waals surface area (Å²) >= 11 is 0. The van der Waals surface area contributed by atoms with Gasteiger partial charge < -0.3 is 14.6 Å². The fourth-order valence-corrected chi connectivity index (χ4v) is 4.32. The molecule has 1 rings (SSSR count). The van der Waals surface area contributed by atoms with Gasteiger partial charge in [0.1, 0.15) is 11.2 Å². The molecular formula is C24H41F3O5. The van der Waals surface area contributed by atoms with E-state index in [2.05, 4.69) is 0 Å². The first kappa shape index (κ1) is 28.7. The molecular weight excluding hydrogens is 425 g/mol. The SMILES string of the molecule is CCC1(OC(=O)C(C)(CC)CC(C)C(=O)OC(C)(C)C)CCC(C(C)(O)C(F)(F)F)CC1. The molecule has 1 N–H and O–H groups in total. The van der Waals surface area contributed by atoms with Crippen molar-refractivity contribution in [1.82, 2.24) is 0 Å². The van der Waals surface area contributed by atoms with Crippen LogP contribution in [-0.4, -0.2) is 40.0 Å². The van der Waals surface area contributed by atoms with Crippen molar-refractivity contribution in [2.75, 3.05) is 0 Å². The van der Waals surface area contributed by atoms with E-state index in [1.165, 1.54) is 0 Å². The Morgan fingerprint density at radius 1 is 1.06 bits per heavy atom. The van der Waals surface area contributed by atoms with Gasteiger partial charge >= 0.3 is 18.1 Å². The summed E-state index contributed by atoms with van der Waals surface area (Å²) in [4.78, 5) is 25.6. The molecule has 0 aromatic heterocycles. The lowest BCUT2D eigenvalue weighted by Gasteiger charge is -2.45. The maximum atomic E-state index is 13.2. The third-order valence-corrected chi connectivity index (χ3v) is 7.06. The van der Waals surface area contributed by atoms with Crippen LogP contribution in [0.4, 0.5) is 13.2 Å². The molecule has 1 aliphatic rings. The summed E-state index contributed by atoms with van der Waals surface area (Å²) < 4.78 is 51.0. The Morgan fingerprint density at radius 2 is 1.56 bits per heavy atom. The van der Waals surface area contributed by atoms with Crippen molar-refractivity contribution in [3.63, 3.8) is 0 Å². The minimum absolute atomic E-state index is 0.116. The Hall–Kier alpha value is -1.31. The van der Waals surface area contributed by atoms with Crippen LogP contribution in [0.2, 0.25) is 0 Å². The van der Waals surface area contributed by atoms with Crippen molar-refractivity contribution >= 4 is 11.9 Å². The lowest BCUT2D eigenvalue weighted by Crippen LogP contribution is -2.52. The maximum Gasteiger partial charge on any atom is 0.417 e. The fourth-order valence-electron chi connectivity index (χ4n) is 4.32. The van der Waals surface area contributed by atoms with Gasteiger partial charge in [-0.3, -0.25) is 9.59 Å². The van der Waals surface area contributed by atoms with Crippen molar-refractivity contribution in [3.05, 3.63) is 0 Å². The molecule has 0 aromatic rings. The molecule has 0 saturated heterocycles. The van der Waals surface area contributed by atoms with Gasteiger partial charge in [-0.15, -0.1) is 0 Å². The molecule has 0 heterocycles. The summed E-state index contributed by atoms with van der Waals surface area (Å²) in [5.74, 6) is -2.28. The molecule has 1 fully saturated rings. The zero-order valence-corrected chi connectivity index (χ0v) is 20.8. The summed E-state index contributed by atoms with van der Waals surface area (Å²) in [7, 11) is 0. The van der Waals surface area contributed by atoms with Crippen LogP contribution in [0.25, 0.3) is 0 Å². The van der Waals surface area contributed by atoms with Crippen LogP contribution in [0.5, 0.6) is 0 Å². The van der Waals surface area contributed by atoms with E-state index in [0.717, 1.165) is 6.92 Å². The van der Waals surface area contributed by atoms with Gasteiger partial charge in [0.05, 0.1) is 11.3 Å². The largest absolute Gasteiger partial charge is 0.460 e. The minimum atomic E-state index is -4.71. The van der Waals surface area contributed by atoms with E-state index in [-0.39, 0.29) is 38.1 Å². The molecule has 8 heteroatoms. The molecule has 0 bridgehead atoms. The van der Waals surface area contributed by atoms with Crippen LogP contribution in [0, 0.1) is 17.3 Å². The van der Waals surface area contributed by atoms with Gasteiger partial charge in [-0.2, -0.15) is 13.2 Å². The first-order chi connectivity index (χ1) is 14.3. The summed E-state index contributed by atoms with van der Waals surface area (Å²) in [6.07, 6.45) is -2.79. The number of carbonyl (C=O) groups is 2. The van der Waals surface area contributed by atoms with Crippen molar-refractivity contribution in [2.24, 2.45) is 17.3 Å². The molecule has 0 aromatic carbocycles. The summed E-state index contributed by atoms with van der Waals surface area (Å²) in [6.45, 7) is 13.3. The number of halogens is 3. The van der Waals surface area contributed by atoms with Gasteiger partial charge in [0.15, 0.2) is 5.60 Å². The van der Waals surface area contributed by atoms with Gasteiger partial charge in [0.25, 0.3) is 0 Å². The van der Waals surface area contributed by atoms with Gasteiger partial charge in [0.2, 0.25) is 0 Å². The van der Waals surface area contributed by atoms with Crippen LogP contribution in [-0.2, 0) is 19.1 Å². The number of ether oxygens (including phenoxy) is 2. The smallest absolute Gasteiger partial charge is 0.417 e. The third kappa shape index (κ3) is 6.84. The highest BCUT2D eigenvalue weighted by molar-refractivity contribution is 5.79. The second-order valence-electron chi connectivity index (χ2n) is 10.9. The van der Waals surface area contributed by atoms with Crippen LogP contribution < -0.4 is 0 Å². The topological polar surface area (TPSA) is 72.8 Å². The van der Waals surface area contributed by atoms with Crippen LogP contribution in [0.3, 0.4) is 0 Å². The van der Waals surface area contributed by atoms with E-state index in [9.17, 15) is 27.9 Å². The van der Waals surface area contributed by atoms with Gasteiger partial charge in [-0.05, 0) is 85.5 Å². The van der Waals surface area contributed by atoms with E-state index in [1.807, 2.05) is 13.8 Å². The normalized spacial score (nSPS) is 27.1. The average Bonchev–Trinajstić information content (AvgIpc) is 2.65. The van der Waals surface area contributed by atoms with Crippen LogP contribution in [0.15, 0.2) is 0 Å². The van der Waals surface area contributed by atoms with Crippen molar-refractivity contribution in [2.45, 2.75) is 123 Å². The quantitative estimate of drug-likeness (QED) is 0.447. The maximum absolute atomic E-state index is 13.2. The van der Waals surface area contributed by atoms with Gasteiger partial charge in [-0.1, -0.05) is 20.8 Å². The molecule has 188 valence electrons. The molecule has 0 aliphatic heterocycles. The first-order valence-electron chi connectivity index (χ1n) is 11.6. The Morgan fingerprint density at radius 3 is 1.94 bits per heavy atom. The lowest BCUT2D eigenvalue weighted by molar-refractivity contribution is -0.278. The second-order valence-corrected chi connectivity index (χ2v) is 10.9. The predicted molar refractivity (Wildman–Crippen MR) is 116 cm³/mol. The molecule has 0 radical (unpaired) electrons. The Kier molecular flexibility index (Phi) is 8.88. The summed E-state index contributed by atoms with van der Waals surface area (Å²) in [5, 5.41) is 10.0. The number of rotatable bonds is 8. The van der Waals surface area contributed by atoms with Gasteiger partial charge in [-0.25, -0.2) is 0 Å². The van der Waals surface area contributed by atoms with Crippen molar-refractivity contribution < 1.29 is 37.3 Å². The standard InChI is InChI=1S/C24H41F3O5/c1-9-21(7,15-16(3)18(28)31-20(4,5)6)19(29)32-23(10-2)13-11-17(12-14-23)22(8,30)24(25,26)27/h16-17,30H,9-15H2,1-8H3. The highest BCUT2D eigenvalue weighted by Gasteiger charge is 2.56. The van der Waals surface area contributed by atoms with E-state index in [4.69, 9.17) is 9.47 Å². The third-order valence-electron chi connectivity index (χ3n) is 7.06. The van der Waals surface area contributed by atoms with E-state index >= 15 is 0 Å². The predicted octanol–water partition coefficient (Wildman–Crippen LogP) is 5.97. The summed E-state index contributed by atoms with van der Waals surface area (Å²) in [5.41, 5.74) is -5.18. The molecule has 0 spiro atoms. The van der Waals surface area contributed by atoms with E-state index in [1.54, 1.807) is 34.6 Å². The fraction of sp³-hybridized carbons (Fsp3) is 0.917. The Balaban J connectivity index is 2.89. The number of hydrogen-bond acceptors (Lipinski definition) is 5. The first-order valence-corrected chi connectivity index (χ1v) is 11.6.